The first-order chi connectivity index (χ1) is 5.52. The molecule has 0 N–H and O–H groups in total. The van der Waals surface area contributed by atoms with E-state index in [-0.39, 0.29) is 5.56 Å². The van der Waals surface area contributed by atoms with Crippen LogP contribution < -0.4 is 5.11 Å². The van der Waals surface area contributed by atoms with E-state index in [1.165, 1.54) is 0 Å². The van der Waals surface area contributed by atoms with Gasteiger partial charge in [-0.2, -0.15) is 0 Å². The van der Waals surface area contributed by atoms with Crippen LogP contribution in [0.15, 0.2) is 12.1 Å². The Bertz CT molecular complexity index is 336. The highest BCUT2D eigenvalue weighted by atomic mass is 127. The fraction of sp³-hybridized carbons (Fsp3) is 0. The van der Waals surface area contributed by atoms with Gasteiger partial charge in [0.05, 0.1) is 5.97 Å². The Morgan fingerprint density at radius 1 is 1.25 bits per heavy atom. The van der Waals surface area contributed by atoms with Crippen LogP contribution in [-0.4, -0.2) is 5.97 Å². The van der Waals surface area contributed by atoms with Gasteiger partial charge in [-0.3, -0.25) is 0 Å². The first-order valence-corrected chi connectivity index (χ1v) is 6.12. The fourth-order valence-electron chi connectivity index (χ4n) is 0.705. The smallest absolute Gasteiger partial charge is 0.0726 e. The summed E-state index contributed by atoms with van der Waals surface area (Å²) in [6.45, 7) is 0. The van der Waals surface area contributed by atoms with Crippen molar-refractivity contribution in [3.8, 4) is 0 Å². The summed E-state index contributed by atoms with van der Waals surface area (Å²) in [5, 5.41) is 10.6. The van der Waals surface area contributed by atoms with Crippen LogP contribution in [0, 0.1) is 10.7 Å². The highest BCUT2D eigenvalue weighted by molar-refractivity contribution is 14.1. The molecule has 1 aromatic rings. The molecule has 0 heterocycles. The van der Waals surface area contributed by atoms with Crippen LogP contribution in [0.2, 0.25) is 0 Å². The Hall–Kier alpha value is 0.880. The van der Waals surface area contributed by atoms with Gasteiger partial charge >= 0.3 is 0 Å². The lowest BCUT2D eigenvalue weighted by Crippen LogP contribution is -2.23. The van der Waals surface area contributed by atoms with Crippen LogP contribution in [0.5, 0.6) is 0 Å². The quantitative estimate of drug-likeness (QED) is 0.438. The Labute approximate surface area is 111 Å². The van der Waals surface area contributed by atoms with Crippen LogP contribution in [0.3, 0.4) is 0 Å². The minimum atomic E-state index is -1.11. The summed E-state index contributed by atoms with van der Waals surface area (Å²) in [6, 6.07) is 3.54. The Morgan fingerprint density at radius 3 is 2.33 bits per heavy atom. The lowest BCUT2D eigenvalue weighted by molar-refractivity contribution is -0.255. The Kier molecular flexibility index (Phi) is 4.02. The summed E-state index contributed by atoms with van der Waals surface area (Å²) >= 11 is 6.19. The first kappa shape index (κ1) is 11.0. The van der Waals surface area contributed by atoms with E-state index in [0.717, 1.165) is 10.7 Å². The van der Waals surface area contributed by atoms with Crippen LogP contribution in [0.4, 0.5) is 0 Å². The molecule has 0 saturated carbocycles. The second-order valence-corrected chi connectivity index (χ2v) is 5.52. The number of carboxylic acids is 1. The van der Waals surface area contributed by atoms with E-state index in [9.17, 15) is 9.90 Å². The molecule has 0 aromatic heterocycles. The van der Waals surface area contributed by atoms with Crippen molar-refractivity contribution in [3.63, 3.8) is 0 Å². The van der Waals surface area contributed by atoms with E-state index in [1.54, 1.807) is 6.07 Å². The Balaban J connectivity index is 3.37. The van der Waals surface area contributed by atoms with Crippen molar-refractivity contribution >= 4 is 73.7 Å². The van der Waals surface area contributed by atoms with Crippen LogP contribution >= 0.6 is 67.8 Å². The average molecular weight is 499 g/mol. The van der Waals surface area contributed by atoms with Gasteiger partial charge in [0.15, 0.2) is 0 Å². The van der Waals surface area contributed by atoms with Gasteiger partial charge in [-0.05, 0) is 79.9 Å². The number of carbonyl (C=O) groups is 1. The largest absolute Gasteiger partial charge is 0.545 e. The molecule has 0 unspecified atom stereocenters. The molecule has 2 nitrogen and oxygen atoms in total. The molecular formula is C7H2I3O2-. The predicted molar refractivity (Wildman–Crippen MR) is 68.9 cm³/mol. The molecule has 0 aliphatic rings. The van der Waals surface area contributed by atoms with Crippen molar-refractivity contribution in [1.82, 2.24) is 0 Å². The summed E-state index contributed by atoms with van der Waals surface area (Å²) < 4.78 is 2.60. The molecule has 0 saturated heterocycles. The van der Waals surface area contributed by atoms with E-state index >= 15 is 0 Å². The topological polar surface area (TPSA) is 40.1 Å². The van der Waals surface area contributed by atoms with Gasteiger partial charge in [-0.25, -0.2) is 0 Å². The van der Waals surface area contributed by atoms with Crippen LogP contribution in [-0.2, 0) is 0 Å². The molecule has 0 aliphatic carbocycles. The zero-order chi connectivity index (χ0) is 9.30. The highest BCUT2D eigenvalue weighted by Crippen LogP contribution is 2.22. The van der Waals surface area contributed by atoms with Gasteiger partial charge in [0.25, 0.3) is 0 Å². The number of aromatic carboxylic acids is 1. The molecule has 0 spiro atoms. The fourth-order valence-corrected chi connectivity index (χ4v) is 3.08. The first-order valence-electron chi connectivity index (χ1n) is 2.88. The van der Waals surface area contributed by atoms with Crippen molar-refractivity contribution in [2.45, 2.75) is 0 Å². The van der Waals surface area contributed by atoms with E-state index in [0.29, 0.717) is 0 Å². The van der Waals surface area contributed by atoms with Gasteiger partial charge in [0, 0.05) is 16.3 Å². The molecule has 0 aliphatic heterocycles. The maximum atomic E-state index is 10.6. The van der Waals surface area contributed by atoms with Gasteiger partial charge in [-0.15, -0.1) is 0 Å². The number of hydrogen-bond acceptors (Lipinski definition) is 2. The summed E-state index contributed by atoms with van der Waals surface area (Å²) in [5.41, 5.74) is 0.270. The van der Waals surface area contributed by atoms with Gasteiger partial charge in [-0.1, -0.05) is 0 Å². The van der Waals surface area contributed by atoms with E-state index < -0.39 is 5.97 Å². The molecule has 5 heteroatoms. The zero-order valence-corrected chi connectivity index (χ0v) is 12.1. The van der Waals surface area contributed by atoms with Gasteiger partial charge < -0.3 is 9.90 Å². The van der Waals surface area contributed by atoms with E-state index in [4.69, 9.17) is 0 Å². The molecule has 0 fully saturated rings. The van der Waals surface area contributed by atoms with Crippen molar-refractivity contribution < 1.29 is 9.90 Å². The van der Waals surface area contributed by atoms with E-state index in [2.05, 4.69) is 45.2 Å². The highest BCUT2D eigenvalue weighted by Gasteiger charge is 2.05. The number of carboxylic acid groups (broad SMARTS) is 1. The third kappa shape index (κ3) is 2.44. The van der Waals surface area contributed by atoms with Gasteiger partial charge in [0.2, 0.25) is 0 Å². The molecule has 1 aromatic carbocycles. The third-order valence-electron chi connectivity index (χ3n) is 1.21. The summed E-state index contributed by atoms with van der Waals surface area (Å²) in [6.07, 6.45) is 0. The van der Waals surface area contributed by atoms with Crippen molar-refractivity contribution in [3.05, 3.63) is 28.4 Å². The summed E-state index contributed by atoms with van der Waals surface area (Å²) in [5.74, 6) is -1.11. The normalized spacial score (nSPS) is 9.92. The SMILES string of the molecule is O=C([O-])c1cc(I)cc(I)c1I. The number of halogens is 3. The molecule has 1 rings (SSSR count). The number of benzene rings is 1. The monoisotopic (exact) mass is 499 g/mol. The number of hydrogen-bond donors (Lipinski definition) is 0. The lowest BCUT2D eigenvalue weighted by atomic mass is 10.2. The maximum Gasteiger partial charge on any atom is 0.0726 e. The summed E-state index contributed by atoms with van der Waals surface area (Å²) in [7, 11) is 0. The molecule has 0 bridgehead atoms. The Morgan fingerprint density at radius 2 is 1.83 bits per heavy atom. The van der Waals surface area contributed by atoms with Crippen molar-refractivity contribution in [2.24, 2.45) is 0 Å². The standard InChI is InChI=1S/C7H3I3O2/c8-3-1-4(7(11)12)6(10)5(9)2-3/h1-2H,(H,11,12)/p-1. The molecular weight excluding hydrogens is 497 g/mol. The second kappa shape index (κ2) is 4.40. The maximum absolute atomic E-state index is 10.6. The number of rotatable bonds is 1. The minimum Gasteiger partial charge on any atom is -0.545 e. The van der Waals surface area contributed by atoms with Crippen LogP contribution in [0.25, 0.3) is 0 Å². The zero-order valence-electron chi connectivity index (χ0n) is 5.61. The number of carbonyl (C=O) groups excluding carboxylic acids is 1. The van der Waals surface area contributed by atoms with Crippen LogP contribution in [0.1, 0.15) is 10.4 Å². The molecule has 64 valence electrons. The van der Waals surface area contributed by atoms with E-state index in [1.807, 2.05) is 28.7 Å². The average Bonchev–Trinajstić information content (AvgIpc) is 1.96. The summed E-state index contributed by atoms with van der Waals surface area (Å²) in [4.78, 5) is 10.6. The molecule has 0 amide bonds. The molecule has 0 atom stereocenters. The molecule has 12 heavy (non-hydrogen) atoms. The molecule has 0 radical (unpaired) electrons. The van der Waals surface area contributed by atoms with Gasteiger partial charge in [0.1, 0.15) is 0 Å². The minimum absolute atomic E-state index is 0.270. The lowest BCUT2D eigenvalue weighted by Gasteiger charge is -2.07. The predicted octanol–water partition coefficient (Wildman–Crippen LogP) is 1.86. The third-order valence-corrected chi connectivity index (χ3v) is 4.88. The van der Waals surface area contributed by atoms with Crippen molar-refractivity contribution in [2.75, 3.05) is 0 Å². The van der Waals surface area contributed by atoms with Crippen molar-refractivity contribution in [1.29, 1.82) is 0 Å². The second-order valence-electron chi connectivity index (χ2n) is 2.04.